The van der Waals surface area contributed by atoms with Crippen LogP contribution >= 0.6 is 34.8 Å². The SMILES string of the molecule is CC(C)NS(=O)(=O)c1cc(CCl)c(Cl)cc1Cl. The molecule has 1 rings (SSSR count). The van der Waals surface area contributed by atoms with Gasteiger partial charge in [0.25, 0.3) is 0 Å². The van der Waals surface area contributed by atoms with Crippen LogP contribution in [0.15, 0.2) is 17.0 Å². The first-order valence-electron chi connectivity index (χ1n) is 4.84. The summed E-state index contributed by atoms with van der Waals surface area (Å²) in [6.45, 7) is 3.45. The van der Waals surface area contributed by atoms with Crippen molar-refractivity contribution in [1.29, 1.82) is 0 Å². The van der Waals surface area contributed by atoms with Crippen molar-refractivity contribution in [2.45, 2.75) is 30.7 Å². The summed E-state index contributed by atoms with van der Waals surface area (Å²) in [7, 11) is -3.64. The van der Waals surface area contributed by atoms with Crippen molar-refractivity contribution in [3.63, 3.8) is 0 Å². The first-order valence-corrected chi connectivity index (χ1v) is 7.61. The van der Waals surface area contributed by atoms with Gasteiger partial charge in [0.2, 0.25) is 10.0 Å². The van der Waals surface area contributed by atoms with Crippen molar-refractivity contribution in [3.8, 4) is 0 Å². The van der Waals surface area contributed by atoms with Gasteiger partial charge in [-0.25, -0.2) is 13.1 Å². The molecule has 0 bridgehead atoms. The number of hydrogen-bond acceptors (Lipinski definition) is 2. The monoisotopic (exact) mass is 315 g/mol. The zero-order valence-electron chi connectivity index (χ0n) is 9.30. The van der Waals surface area contributed by atoms with Gasteiger partial charge in [-0.3, -0.25) is 0 Å². The van der Waals surface area contributed by atoms with Crippen molar-refractivity contribution in [3.05, 3.63) is 27.7 Å². The third-order valence-corrected chi connectivity index (χ3v) is 4.69. The maximum atomic E-state index is 12.0. The van der Waals surface area contributed by atoms with Gasteiger partial charge in [-0.15, -0.1) is 11.6 Å². The van der Waals surface area contributed by atoms with E-state index < -0.39 is 10.0 Å². The Morgan fingerprint density at radius 3 is 2.29 bits per heavy atom. The summed E-state index contributed by atoms with van der Waals surface area (Å²) in [6, 6.07) is 2.56. The summed E-state index contributed by atoms with van der Waals surface area (Å²) in [4.78, 5) is -0.00656. The Hall–Kier alpha value is -0.000000000000000111. The fourth-order valence-corrected chi connectivity index (χ4v) is 3.66. The molecule has 96 valence electrons. The second kappa shape index (κ2) is 5.76. The molecule has 0 aliphatic rings. The van der Waals surface area contributed by atoms with Crippen LogP contribution in [-0.2, 0) is 15.9 Å². The molecule has 0 unspecified atom stereocenters. The Morgan fingerprint density at radius 2 is 1.82 bits per heavy atom. The van der Waals surface area contributed by atoms with Gasteiger partial charge in [0, 0.05) is 16.9 Å². The molecule has 0 aliphatic heterocycles. The summed E-state index contributed by atoms with van der Waals surface area (Å²) >= 11 is 17.4. The third-order valence-electron chi connectivity index (χ3n) is 1.93. The molecule has 0 fully saturated rings. The van der Waals surface area contributed by atoms with E-state index in [-0.39, 0.29) is 21.8 Å². The maximum Gasteiger partial charge on any atom is 0.242 e. The number of halogens is 3. The second-order valence-electron chi connectivity index (χ2n) is 3.78. The van der Waals surface area contributed by atoms with E-state index in [1.54, 1.807) is 13.8 Å². The molecular formula is C10H12Cl3NO2S. The average molecular weight is 317 g/mol. The molecule has 1 aromatic carbocycles. The van der Waals surface area contributed by atoms with Crippen molar-refractivity contribution < 1.29 is 8.42 Å². The Kier molecular flexibility index (Phi) is 5.10. The van der Waals surface area contributed by atoms with Crippen molar-refractivity contribution in [2.75, 3.05) is 0 Å². The molecule has 0 saturated carbocycles. The lowest BCUT2D eigenvalue weighted by atomic mass is 10.2. The molecule has 3 nitrogen and oxygen atoms in total. The van der Waals surface area contributed by atoms with E-state index >= 15 is 0 Å². The lowest BCUT2D eigenvalue weighted by molar-refractivity contribution is 0.570. The summed E-state index contributed by atoms with van der Waals surface area (Å²) < 4.78 is 26.4. The molecule has 17 heavy (non-hydrogen) atoms. The van der Waals surface area contributed by atoms with E-state index in [4.69, 9.17) is 34.8 Å². The summed E-state index contributed by atoms with van der Waals surface area (Å²) in [6.07, 6.45) is 0. The molecule has 0 amide bonds. The van der Waals surface area contributed by atoms with Crippen LogP contribution in [-0.4, -0.2) is 14.5 Å². The highest BCUT2D eigenvalue weighted by Crippen LogP contribution is 2.29. The zero-order valence-corrected chi connectivity index (χ0v) is 12.4. The summed E-state index contributed by atoms with van der Waals surface area (Å²) in [5.74, 6) is 0.125. The lowest BCUT2D eigenvalue weighted by Gasteiger charge is -2.12. The van der Waals surface area contributed by atoms with E-state index in [1.165, 1.54) is 12.1 Å². The van der Waals surface area contributed by atoms with Gasteiger partial charge in [0.15, 0.2) is 0 Å². The molecule has 0 aliphatic carbocycles. The lowest BCUT2D eigenvalue weighted by Crippen LogP contribution is -2.30. The van der Waals surface area contributed by atoms with Crippen LogP contribution in [0.3, 0.4) is 0 Å². The highest BCUT2D eigenvalue weighted by molar-refractivity contribution is 7.89. The van der Waals surface area contributed by atoms with E-state index in [2.05, 4.69) is 4.72 Å². The van der Waals surface area contributed by atoms with Crippen LogP contribution in [0.5, 0.6) is 0 Å². The van der Waals surface area contributed by atoms with Gasteiger partial charge in [-0.1, -0.05) is 23.2 Å². The number of alkyl halides is 1. The largest absolute Gasteiger partial charge is 0.242 e. The minimum atomic E-state index is -3.64. The van der Waals surface area contributed by atoms with Gasteiger partial charge in [0.1, 0.15) is 4.90 Å². The smallest absolute Gasteiger partial charge is 0.209 e. The summed E-state index contributed by atoms with van der Waals surface area (Å²) in [5, 5.41) is 0.436. The Labute approximate surface area is 116 Å². The minimum Gasteiger partial charge on any atom is -0.209 e. The van der Waals surface area contributed by atoms with Crippen LogP contribution in [0.2, 0.25) is 10.0 Å². The quantitative estimate of drug-likeness (QED) is 0.865. The maximum absolute atomic E-state index is 12.0. The molecule has 0 atom stereocenters. The van der Waals surface area contributed by atoms with Gasteiger partial charge >= 0.3 is 0 Å². The van der Waals surface area contributed by atoms with Crippen molar-refractivity contribution >= 4 is 44.8 Å². The van der Waals surface area contributed by atoms with Gasteiger partial charge in [-0.05, 0) is 31.5 Å². The second-order valence-corrected chi connectivity index (χ2v) is 6.55. The zero-order chi connectivity index (χ0) is 13.2. The Morgan fingerprint density at radius 1 is 1.24 bits per heavy atom. The predicted molar refractivity (Wildman–Crippen MR) is 71.5 cm³/mol. The van der Waals surface area contributed by atoms with Crippen molar-refractivity contribution in [2.24, 2.45) is 0 Å². The molecule has 7 heteroatoms. The predicted octanol–water partition coefficient (Wildman–Crippen LogP) is 3.42. The fourth-order valence-electron chi connectivity index (χ4n) is 1.25. The van der Waals surface area contributed by atoms with Crippen LogP contribution in [0.1, 0.15) is 19.4 Å². The topological polar surface area (TPSA) is 46.2 Å². The number of nitrogens with one attached hydrogen (secondary N) is 1. The molecule has 0 heterocycles. The number of rotatable bonds is 4. The molecule has 1 aromatic rings. The molecular weight excluding hydrogens is 305 g/mol. The van der Waals surface area contributed by atoms with Crippen LogP contribution in [0.25, 0.3) is 0 Å². The highest BCUT2D eigenvalue weighted by atomic mass is 35.5. The molecule has 0 radical (unpaired) electrons. The number of benzene rings is 1. The fraction of sp³-hybridized carbons (Fsp3) is 0.400. The van der Waals surface area contributed by atoms with E-state index in [1.807, 2.05) is 0 Å². The molecule has 0 spiro atoms. The Balaban J connectivity index is 3.31. The van der Waals surface area contributed by atoms with E-state index in [9.17, 15) is 8.42 Å². The van der Waals surface area contributed by atoms with Gasteiger partial charge < -0.3 is 0 Å². The van der Waals surface area contributed by atoms with Gasteiger partial charge in [0.05, 0.1) is 5.02 Å². The van der Waals surface area contributed by atoms with Crippen LogP contribution in [0, 0.1) is 0 Å². The molecule has 0 saturated heterocycles. The minimum absolute atomic E-state index is 0.00656. The summed E-state index contributed by atoms with van der Waals surface area (Å²) in [5.41, 5.74) is 0.530. The molecule has 0 aromatic heterocycles. The molecule has 1 N–H and O–H groups in total. The Bertz CT molecular complexity index is 515. The van der Waals surface area contributed by atoms with Gasteiger partial charge in [-0.2, -0.15) is 0 Å². The first-order chi connectivity index (χ1) is 7.77. The first kappa shape index (κ1) is 15.1. The van der Waals surface area contributed by atoms with Crippen LogP contribution in [0.4, 0.5) is 0 Å². The van der Waals surface area contributed by atoms with E-state index in [0.717, 1.165) is 0 Å². The van der Waals surface area contributed by atoms with Crippen LogP contribution < -0.4 is 4.72 Å². The van der Waals surface area contributed by atoms with Crippen molar-refractivity contribution in [1.82, 2.24) is 4.72 Å². The van der Waals surface area contributed by atoms with E-state index in [0.29, 0.717) is 10.6 Å². The normalized spacial score (nSPS) is 12.1. The number of hydrogen-bond donors (Lipinski definition) is 1. The third kappa shape index (κ3) is 3.73. The number of sulfonamides is 1. The average Bonchev–Trinajstić information content (AvgIpc) is 2.15. The highest BCUT2D eigenvalue weighted by Gasteiger charge is 2.20. The standard InChI is InChI=1S/C10H12Cl3NO2S/c1-6(2)14-17(15,16)10-3-7(5-11)8(12)4-9(10)13/h3-4,6,14H,5H2,1-2H3.